The second kappa shape index (κ2) is 10.7. The van der Waals surface area contributed by atoms with Crippen molar-refractivity contribution in [3.8, 4) is 5.75 Å². The van der Waals surface area contributed by atoms with Crippen molar-refractivity contribution in [2.24, 2.45) is 16.6 Å². The molecule has 6 nitrogen and oxygen atoms in total. The number of likely N-dealkylation sites (tertiary alicyclic amines) is 1. The number of piperidine rings is 1. The number of rotatable bonds is 8. The van der Waals surface area contributed by atoms with Gasteiger partial charge in [0.2, 0.25) is 5.91 Å². The van der Waals surface area contributed by atoms with Gasteiger partial charge in [-0.2, -0.15) is 0 Å². The molecule has 0 spiro atoms. The highest BCUT2D eigenvalue weighted by molar-refractivity contribution is 5.80. The highest BCUT2D eigenvalue weighted by Crippen LogP contribution is 2.19. The van der Waals surface area contributed by atoms with Crippen LogP contribution in [0.25, 0.3) is 0 Å². The number of ether oxygens (including phenoxy) is 1. The van der Waals surface area contributed by atoms with Crippen LogP contribution in [0.15, 0.2) is 29.3 Å². The lowest BCUT2D eigenvalue weighted by Crippen LogP contribution is -2.47. The van der Waals surface area contributed by atoms with Crippen molar-refractivity contribution < 1.29 is 9.53 Å². The molecule has 0 bridgehead atoms. The Balaban J connectivity index is 1.82. The molecule has 1 aromatic carbocycles. The fraction of sp³-hybridized carbons (Fsp3) is 0.600. The Hall–Kier alpha value is -2.24. The summed E-state index contributed by atoms with van der Waals surface area (Å²) in [5, 5.41) is 3.36. The maximum absolute atomic E-state index is 11.2. The lowest BCUT2D eigenvalue weighted by molar-refractivity contribution is -0.119. The normalized spacial score (nSPS) is 17.8. The molecule has 1 aromatic rings. The number of amides is 1. The average Bonchev–Trinajstić information content (AvgIpc) is 2.61. The van der Waals surface area contributed by atoms with E-state index in [2.05, 4.69) is 30.1 Å². The van der Waals surface area contributed by atoms with Crippen LogP contribution < -0.4 is 15.8 Å². The molecule has 1 heterocycles. The van der Waals surface area contributed by atoms with E-state index in [1.807, 2.05) is 18.2 Å². The van der Waals surface area contributed by atoms with E-state index in [1.54, 1.807) is 0 Å². The van der Waals surface area contributed by atoms with E-state index < -0.39 is 0 Å². The first kappa shape index (κ1) is 20.1. The Morgan fingerprint density at radius 1 is 1.42 bits per heavy atom. The molecular formula is C20H32N4O2. The van der Waals surface area contributed by atoms with Crippen molar-refractivity contribution in [1.82, 2.24) is 10.2 Å². The van der Waals surface area contributed by atoms with Gasteiger partial charge in [-0.3, -0.25) is 9.79 Å². The summed E-state index contributed by atoms with van der Waals surface area (Å²) in [6.07, 6.45) is 3.45. The lowest BCUT2D eigenvalue weighted by Gasteiger charge is -2.34. The van der Waals surface area contributed by atoms with Gasteiger partial charge in [0.05, 0.1) is 6.61 Å². The third-order valence-corrected chi connectivity index (χ3v) is 4.56. The van der Waals surface area contributed by atoms with Gasteiger partial charge in [-0.05, 0) is 44.2 Å². The Bertz CT molecular complexity index is 603. The molecule has 0 aliphatic carbocycles. The molecule has 1 amide bonds. The van der Waals surface area contributed by atoms with Gasteiger partial charge in [0.1, 0.15) is 5.75 Å². The van der Waals surface area contributed by atoms with E-state index in [9.17, 15) is 4.79 Å². The van der Waals surface area contributed by atoms with Crippen molar-refractivity contribution in [3.63, 3.8) is 0 Å². The van der Waals surface area contributed by atoms with Gasteiger partial charge < -0.3 is 20.7 Å². The number of aryl methyl sites for hydroxylation is 1. The third-order valence-electron chi connectivity index (χ3n) is 4.56. The number of nitrogens with two attached hydrogens (primary N) is 1. The third kappa shape index (κ3) is 6.58. The minimum atomic E-state index is -0.216. The fourth-order valence-corrected chi connectivity index (χ4v) is 3.28. The summed E-state index contributed by atoms with van der Waals surface area (Å²) in [6, 6.07) is 8.05. The van der Waals surface area contributed by atoms with Crippen LogP contribution in [0.1, 0.15) is 38.2 Å². The molecule has 1 aliphatic heterocycles. The van der Waals surface area contributed by atoms with Crippen LogP contribution in [-0.2, 0) is 4.79 Å². The minimum absolute atomic E-state index is 0.216. The molecule has 1 fully saturated rings. The summed E-state index contributed by atoms with van der Waals surface area (Å²) >= 11 is 0. The molecule has 1 atom stereocenters. The molecule has 3 N–H and O–H groups in total. The Morgan fingerprint density at radius 2 is 2.23 bits per heavy atom. The van der Waals surface area contributed by atoms with E-state index in [4.69, 9.17) is 15.5 Å². The first-order chi connectivity index (χ1) is 12.6. The number of primary amides is 1. The lowest BCUT2D eigenvalue weighted by atomic mass is 9.95. The van der Waals surface area contributed by atoms with E-state index in [1.165, 1.54) is 0 Å². The highest BCUT2D eigenvalue weighted by atomic mass is 16.5. The highest BCUT2D eigenvalue weighted by Gasteiger charge is 2.23. The number of nitrogens with one attached hydrogen (secondary N) is 1. The number of hydrogen-bond acceptors (Lipinski definition) is 3. The number of para-hydroxylation sites is 1. The first-order valence-electron chi connectivity index (χ1n) is 9.60. The SMILES string of the molecule is CCNC(=NCCCOc1ccccc1C)N1CCCC(CC(N)=O)C1. The first-order valence-corrected chi connectivity index (χ1v) is 9.60. The van der Waals surface area contributed by atoms with Crippen LogP contribution in [0, 0.1) is 12.8 Å². The fourth-order valence-electron chi connectivity index (χ4n) is 3.28. The van der Waals surface area contributed by atoms with Gasteiger partial charge in [0.25, 0.3) is 0 Å². The summed E-state index contributed by atoms with van der Waals surface area (Å²) < 4.78 is 5.83. The monoisotopic (exact) mass is 360 g/mol. The van der Waals surface area contributed by atoms with Gasteiger partial charge in [-0.15, -0.1) is 0 Å². The molecular weight excluding hydrogens is 328 g/mol. The zero-order valence-corrected chi connectivity index (χ0v) is 16.0. The van der Waals surface area contributed by atoms with Crippen LogP contribution in [0.5, 0.6) is 5.75 Å². The topological polar surface area (TPSA) is 80.0 Å². The second-order valence-electron chi connectivity index (χ2n) is 6.83. The number of hydrogen-bond donors (Lipinski definition) is 2. The maximum Gasteiger partial charge on any atom is 0.217 e. The average molecular weight is 361 g/mol. The maximum atomic E-state index is 11.2. The summed E-state index contributed by atoms with van der Waals surface area (Å²) in [7, 11) is 0. The Kier molecular flexibility index (Phi) is 8.25. The van der Waals surface area contributed by atoms with Crippen molar-refractivity contribution in [2.45, 2.75) is 39.5 Å². The number of guanidine groups is 1. The van der Waals surface area contributed by atoms with Crippen molar-refractivity contribution in [2.75, 3.05) is 32.8 Å². The molecule has 144 valence electrons. The van der Waals surface area contributed by atoms with E-state index in [0.29, 0.717) is 25.5 Å². The van der Waals surface area contributed by atoms with E-state index in [-0.39, 0.29) is 5.91 Å². The number of nitrogens with zero attached hydrogens (tertiary/aromatic N) is 2. The number of benzene rings is 1. The summed E-state index contributed by atoms with van der Waals surface area (Å²) in [6.45, 7) is 8.13. The molecule has 6 heteroatoms. The van der Waals surface area contributed by atoms with Gasteiger partial charge in [-0.1, -0.05) is 18.2 Å². The van der Waals surface area contributed by atoms with E-state index >= 15 is 0 Å². The zero-order valence-electron chi connectivity index (χ0n) is 16.0. The van der Waals surface area contributed by atoms with Crippen molar-refractivity contribution in [3.05, 3.63) is 29.8 Å². The summed E-state index contributed by atoms with van der Waals surface area (Å²) in [5.74, 6) is 1.98. The van der Waals surface area contributed by atoms with Gasteiger partial charge in [0.15, 0.2) is 5.96 Å². The van der Waals surface area contributed by atoms with Crippen LogP contribution >= 0.6 is 0 Å². The molecule has 0 saturated carbocycles. The molecule has 26 heavy (non-hydrogen) atoms. The van der Waals surface area contributed by atoms with E-state index in [0.717, 1.165) is 56.2 Å². The smallest absolute Gasteiger partial charge is 0.217 e. The molecule has 0 radical (unpaired) electrons. The number of carbonyl (C=O) groups is 1. The summed E-state index contributed by atoms with van der Waals surface area (Å²) in [4.78, 5) is 18.2. The molecule has 1 aliphatic rings. The molecule has 1 saturated heterocycles. The minimum Gasteiger partial charge on any atom is -0.493 e. The van der Waals surface area contributed by atoms with Gasteiger partial charge >= 0.3 is 0 Å². The van der Waals surface area contributed by atoms with Crippen LogP contribution in [0.4, 0.5) is 0 Å². The van der Waals surface area contributed by atoms with Crippen LogP contribution in [0.3, 0.4) is 0 Å². The van der Waals surface area contributed by atoms with Crippen LogP contribution in [0.2, 0.25) is 0 Å². The molecule has 0 aromatic heterocycles. The number of carbonyl (C=O) groups excluding carboxylic acids is 1. The molecule has 1 unspecified atom stereocenters. The standard InChI is InChI=1S/C20H32N4O2/c1-3-22-20(24-12-6-9-17(15-24)14-19(21)25)23-11-7-13-26-18-10-5-4-8-16(18)2/h4-5,8,10,17H,3,6-7,9,11-15H2,1-2H3,(H2,21,25)(H,22,23). The summed E-state index contributed by atoms with van der Waals surface area (Å²) in [5.41, 5.74) is 6.51. The second-order valence-corrected chi connectivity index (χ2v) is 6.83. The quantitative estimate of drug-likeness (QED) is 0.424. The Labute approximate surface area is 156 Å². The zero-order chi connectivity index (χ0) is 18.8. The Morgan fingerprint density at radius 3 is 2.96 bits per heavy atom. The molecule has 2 rings (SSSR count). The van der Waals surface area contributed by atoms with Gasteiger partial charge in [-0.25, -0.2) is 0 Å². The van der Waals surface area contributed by atoms with Crippen molar-refractivity contribution >= 4 is 11.9 Å². The number of aliphatic imine (C=N–C) groups is 1. The largest absolute Gasteiger partial charge is 0.493 e. The predicted molar refractivity (Wildman–Crippen MR) is 105 cm³/mol. The predicted octanol–water partition coefficient (Wildman–Crippen LogP) is 2.32. The van der Waals surface area contributed by atoms with Crippen LogP contribution in [-0.4, -0.2) is 49.6 Å². The van der Waals surface area contributed by atoms with Crippen molar-refractivity contribution in [1.29, 1.82) is 0 Å². The van der Waals surface area contributed by atoms with Gasteiger partial charge in [0, 0.05) is 39.0 Å².